The number of nitrogens with zero attached hydrogens (tertiary/aromatic N) is 2. The van der Waals surface area contributed by atoms with Crippen LogP contribution in [0, 0.1) is 6.92 Å². The van der Waals surface area contributed by atoms with Gasteiger partial charge in [0.05, 0.1) is 0 Å². The van der Waals surface area contributed by atoms with Crippen LogP contribution >= 0.6 is 11.6 Å². The van der Waals surface area contributed by atoms with Crippen molar-refractivity contribution in [1.82, 2.24) is 9.97 Å². The molecule has 21 heavy (non-hydrogen) atoms. The first-order valence-corrected chi connectivity index (χ1v) is 8.56. The Morgan fingerprint density at radius 1 is 1.14 bits per heavy atom. The molecule has 4 heteroatoms. The molecule has 1 heterocycles. The van der Waals surface area contributed by atoms with Gasteiger partial charge in [0.15, 0.2) is 5.82 Å². The minimum absolute atomic E-state index is 0.337. The second kappa shape index (κ2) is 7.06. The molecule has 0 spiro atoms. The summed E-state index contributed by atoms with van der Waals surface area (Å²) < 4.78 is 6.16. The van der Waals surface area contributed by atoms with Crippen LogP contribution < -0.4 is 0 Å². The van der Waals surface area contributed by atoms with E-state index in [2.05, 4.69) is 18.8 Å². The van der Waals surface area contributed by atoms with E-state index in [-0.39, 0.29) is 5.60 Å². The highest BCUT2D eigenvalue weighted by Gasteiger charge is 2.37. The van der Waals surface area contributed by atoms with Crippen LogP contribution in [0.2, 0.25) is 5.15 Å². The zero-order chi connectivity index (χ0) is 15.5. The molecule has 118 valence electrons. The van der Waals surface area contributed by atoms with Crippen molar-refractivity contribution >= 4 is 11.6 Å². The number of halogens is 1. The summed E-state index contributed by atoms with van der Waals surface area (Å²) in [5.74, 6) is 1.13. The van der Waals surface area contributed by atoms with Gasteiger partial charge in [-0.25, -0.2) is 9.97 Å². The lowest BCUT2D eigenvalue weighted by Gasteiger charge is -2.32. The zero-order valence-corrected chi connectivity index (χ0v) is 14.5. The van der Waals surface area contributed by atoms with Gasteiger partial charge >= 0.3 is 0 Å². The molecule has 1 aliphatic carbocycles. The van der Waals surface area contributed by atoms with Gasteiger partial charge in [0.1, 0.15) is 10.8 Å². The number of hydrogen-bond acceptors (Lipinski definition) is 3. The first-order chi connectivity index (χ1) is 10.00. The average molecular weight is 311 g/mol. The van der Waals surface area contributed by atoms with Crippen molar-refractivity contribution in [2.75, 3.05) is 6.61 Å². The molecule has 1 fully saturated rings. The molecule has 0 N–H and O–H groups in total. The Hall–Kier alpha value is -0.670. The Balaban J connectivity index is 2.45. The fraction of sp³-hybridized carbons (Fsp3) is 0.765. The maximum Gasteiger partial charge on any atom is 0.162 e. The van der Waals surface area contributed by atoms with E-state index in [9.17, 15) is 0 Å². The van der Waals surface area contributed by atoms with Gasteiger partial charge in [-0.2, -0.15) is 0 Å². The standard InChI is InChI=1S/C17H27ClN2O/c1-5-21-17(10-8-6-7-9-11-17)16-19-13(4)14(12(2)3)15(18)20-16/h12H,5-11H2,1-4H3. The van der Waals surface area contributed by atoms with E-state index in [0.29, 0.717) is 17.7 Å². The maximum atomic E-state index is 6.45. The van der Waals surface area contributed by atoms with Crippen LogP contribution in [0.4, 0.5) is 0 Å². The summed E-state index contributed by atoms with van der Waals surface area (Å²) in [6.07, 6.45) is 6.88. The smallest absolute Gasteiger partial charge is 0.162 e. The number of aryl methyl sites for hydroxylation is 1. The monoisotopic (exact) mass is 310 g/mol. The average Bonchev–Trinajstić information content (AvgIpc) is 2.64. The summed E-state index contributed by atoms with van der Waals surface area (Å²) in [5, 5.41) is 0.593. The van der Waals surface area contributed by atoms with Gasteiger partial charge in [-0.15, -0.1) is 0 Å². The normalized spacial score (nSPS) is 18.8. The van der Waals surface area contributed by atoms with Crippen molar-refractivity contribution in [1.29, 1.82) is 0 Å². The van der Waals surface area contributed by atoms with E-state index < -0.39 is 0 Å². The Bertz CT molecular complexity index is 457. The Morgan fingerprint density at radius 3 is 2.24 bits per heavy atom. The van der Waals surface area contributed by atoms with Crippen LogP contribution in [0.1, 0.15) is 82.3 Å². The van der Waals surface area contributed by atoms with Gasteiger partial charge in [0, 0.05) is 17.9 Å². The predicted octanol–water partition coefficient (Wildman–Crippen LogP) is 5.15. The van der Waals surface area contributed by atoms with Gasteiger partial charge in [-0.1, -0.05) is 51.1 Å². The second-order valence-corrected chi connectivity index (χ2v) is 6.69. The van der Waals surface area contributed by atoms with Crippen molar-refractivity contribution < 1.29 is 4.74 Å². The lowest BCUT2D eigenvalue weighted by Crippen LogP contribution is -2.32. The lowest BCUT2D eigenvalue weighted by molar-refractivity contribution is -0.0625. The topological polar surface area (TPSA) is 35.0 Å². The molecule has 0 aromatic carbocycles. The minimum atomic E-state index is -0.338. The van der Waals surface area contributed by atoms with E-state index >= 15 is 0 Å². The summed E-state index contributed by atoms with van der Waals surface area (Å²) in [4.78, 5) is 9.43. The predicted molar refractivity (Wildman–Crippen MR) is 86.9 cm³/mol. The molecule has 0 unspecified atom stereocenters. The van der Waals surface area contributed by atoms with E-state index in [4.69, 9.17) is 21.3 Å². The van der Waals surface area contributed by atoms with Crippen molar-refractivity contribution in [3.63, 3.8) is 0 Å². The van der Waals surface area contributed by atoms with Crippen LogP contribution in [0.15, 0.2) is 0 Å². The Morgan fingerprint density at radius 2 is 1.76 bits per heavy atom. The third-order valence-electron chi connectivity index (χ3n) is 4.41. The summed E-state index contributed by atoms with van der Waals surface area (Å²) in [6, 6.07) is 0. The van der Waals surface area contributed by atoms with E-state index in [1.807, 2.05) is 13.8 Å². The van der Waals surface area contributed by atoms with Crippen molar-refractivity contribution in [3.8, 4) is 0 Å². The molecule has 0 atom stereocenters. The first kappa shape index (κ1) is 16.7. The van der Waals surface area contributed by atoms with E-state index in [1.165, 1.54) is 25.7 Å². The summed E-state index contributed by atoms with van der Waals surface area (Å²) in [6.45, 7) is 9.01. The van der Waals surface area contributed by atoms with Crippen LogP contribution in [0.3, 0.4) is 0 Å². The number of aromatic nitrogens is 2. The van der Waals surface area contributed by atoms with E-state index in [0.717, 1.165) is 29.9 Å². The lowest BCUT2D eigenvalue weighted by atomic mass is 9.92. The highest BCUT2D eigenvalue weighted by atomic mass is 35.5. The second-order valence-electron chi connectivity index (χ2n) is 6.33. The van der Waals surface area contributed by atoms with Crippen LogP contribution in [-0.2, 0) is 10.3 Å². The largest absolute Gasteiger partial charge is 0.367 e. The summed E-state index contributed by atoms with van der Waals surface area (Å²) >= 11 is 6.45. The fourth-order valence-electron chi connectivity index (χ4n) is 3.41. The number of rotatable bonds is 4. The van der Waals surface area contributed by atoms with Crippen LogP contribution in [0.5, 0.6) is 0 Å². The zero-order valence-electron chi connectivity index (χ0n) is 13.7. The molecule has 0 amide bonds. The first-order valence-electron chi connectivity index (χ1n) is 8.18. The van der Waals surface area contributed by atoms with Crippen molar-refractivity contribution in [3.05, 3.63) is 22.2 Å². The minimum Gasteiger partial charge on any atom is -0.367 e. The molecule has 0 saturated heterocycles. The van der Waals surface area contributed by atoms with Gasteiger partial charge in [-0.3, -0.25) is 0 Å². The molecular formula is C17H27ClN2O. The van der Waals surface area contributed by atoms with Crippen molar-refractivity contribution in [2.45, 2.75) is 77.7 Å². The third kappa shape index (κ3) is 3.57. The highest BCUT2D eigenvalue weighted by Crippen LogP contribution is 2.39. The number of hydrogen-bond donors (Lipinski definition) is 0. The Labute approximate surface area is 133 Å². The molecule has 1 aromatic heterocycles. The molecule has 1 aromatic rings. The van der Waals surface area contributed by atoms with Crippen LogP contribution in [-0.4, -0.2) is 16.6 Å². The SMILES string of the molecule is CCOC1(c2nc(C)c(C(C)C)c(Cl)n2)CCCCCC1. The Kier molecular flexibility index (Phi) is 5.61. The fourth-order valence-corrected chi connectivity index (χ4v) is 3.85. The number of ether oxygens (including phenoxy) is 1. The third-order valence-corrected chi connectivity index (χ3v) is 4.69. The molecular weight excluding hydrogens is 284 g/mol. The molecule has 1 saturated carbocycles. The molecule has 0 radical (unpaired) electrons. The molecule has 1 aliphatic rings. The molecule has 2 rings (SSSR count). The van der Waals surface area contributed by atoms with Crippen LogP contribution in [0.25, 0.3) is 0 Å². The molecule has 3 nitrogen and oxygen atoms in total. The highest BCUT2D eigenvalue weighted by molar-refractivity contribution is 6.30. The van der Waals surface area contributed by atoms with Gasteiger partial charge in [0.25, 0.3) is 0 Å². The molecule has 0 aliphatic heterocycles. The summed E-state index contributed by atoms with van der Waals surface area (Å²) in [5.41, 5.74) is 1.71. The van der Waals surface area contributed by atoms with E-state index in [1.54, 1.807) is 0 Å². The van der Waals surface area contributed by atoms with Crippen molar-refractivity contribution in [2.24, 2.45) is 0 Å². The van der Waals surface area contributed by atoms with Gasteiger partial charge in [-0.05, 0) is 32.6 Å². The summed E-state index contributed by atoms with van der Waals surface area (Å²) in [7, 11) is 0. The maximum absolute atomic E-state index is 6.45. The quantitative estimate of drug-likeness (QED) is 0.570. The van der Waals surface area contributed by atoms with Gasteiger partial charge < -0.3 is 4.74 Å². The molecule has 0 bridgehead atoms. The van der Waals surface area contributed by atoms with Gasteiger partial charge in [0.2, 0.25) is 0 Å².